The molecule has 2 aliphatic heterocycles. The van der Waals surface area contributed by atoms with Gasteiger partial charge in [0.25, 0.3) is 0 Å². The second-order valence-electron chi connectivity index (χ2n) is 6.64. The van der Waals surface area contributed by atoms with Crippen molar-refractivity contribution in [3.63, 3.8) is 0 Å². The third-order valence-corrected chi connectivity index (χ3v) is 3.72. The van der Waals surface area contributed by atoms with Crippen LogP contribution in [-0.4, -0.2) is 54.6 Å². The summed E-state index contributed by atoms with van der Waals surface area (Å²) in [5.74, 6) is 0. The summed E-state index contributed by atoms with van der Waals surface area (Å²) < 4.78 is 17.0. The Morgan fingerprint density at radius 3 is 2.75 bits per heavy atom. The molecule has 0 spiro atoms. The van der Waals surface area contributed by atoms with Gasteiger partial charge in [0.2, 0.25) is 0 Å². The topological polar surface area (TPSA) is 48.0 Å². The number of morpholine rings is 1. The Labute approximate surface area is 121 Å². The zero-order chi connectivity index (χ0) is 14.8. The molecule has 0 aromatic carbocycles. The van der Waals surface area contributed by atoms with Crippen LogP contribution in [0.25, 0.3) is 0 Å². The summed E-state index contributed by atoms with van der Waals surface area (Å²) in [4.78, 5) is 14.2. The van der Waals surface area contributed by atoms with Crippen LogP contribution in [0.2, 0.25) is 0 Å². The minimum absolute atomic E-state index is 0.000422. The van der Waals surface area contributed by atoms with Crippen LogP contribution in [0.1, 0.15) is 47.0 Å². The Hall–Kier alpha value is -0.810. The van der Waals surface area contributed by atoms with E-state index in [4.69, 9.17) is 14.2 Å². The average Bonchev–Trinajstić information content (AvgIpc) is 2.55. The zero-order valence-corrected chi connectivity index (χ0v) is 13.1. The van der Waals surface area contributed by atoms with E-state index in [1.54, 1.807) is 0 Å². The van der Waals surface area contributed by atoms with Gasteiger partial charge in [-0.2, -0.15) is 0 Å². The normalized spacial score (nSPS) is 29.6. The van der Waals surface area contributed by atoms with E-state index in [-0.39, 0.29) is 24.3 Å². The molecule has 5 heteroatoms. The van der Waals surface area contributed by atoms with Crippen LogP contribution in [0.4, 0.5) is 4.79 Å². The fourth-order valence-corrected chi connectivity index (χ4v) is 2.81. The van der Waals surface area contributed by atoms with E-state index >= 15 is 0 Å². The van der Waals surface area contributed by atoms with Crippen LogP contribution in [0.5, 0.6) is 0 Å². The molecule has 2 rings (SSSR count). The summed E-state index contributed by atoms with van der Waals surface area (Å²) in [7, 11) is 0. The van der Waals surface area contributed by atoms with Gasteiger partial charge in [0, 0.05) is 6.61 Å². The molecule has 3 atom stereocenters. The van der Waals surface area contributed by atoms with Gasteiger partial charge in [-0.25, -0.2) is 4.79 Å². The fourth-order valence-electron chi connectivity index (χ4n) is 2.81. The van der Waals surface area contributed by atoms with Crippen molar-refractivity contribution in [2.75, 3.05) is 19.8 Å². The summed E-state index contributed by atoms with van der Waals surface area (Å²) in [6.45, 7) is 9.71. The van der Waals surface area contributed by atoms with Gasteiger partial charge in [0.05, 0.1) is 31.4 Å². The van der Waals surface area contributed by atoms with Crippen LogP contribution in [-0.2, 0) is 14.2 Å². The molecule has 2 heterocycles. The lowest BCUT2D eigenvalue weighted by atomic mass is 10.1. The number of fused-ring (bicyclic) bond motifs is 2. The molecular weight excluding hydrogens is 258 g/mol. The molecule has 2 saturated heterocycles. The first kappa shape index (κ1) is 15.6. The average molecular weight is 285 g/mol. The molecule has 0 aromatic heterocycles. The minimum Gasteiger partial charge on any atom is -0.444 e. The van der Waals surface area contributed by atoms with Gasteiger partial charge in [-0.05, 0) is 33.6 Å². The lowest BCUT2D eigenvalue weighted by Gasteiger charge is -2.36. The van der Waals surface area contributed by atoms with Crippen LogP contribution in [0.3, 0.4) is 0 Å². The summed E-state index contributed by atoms with van der Waals surface area (Å²) in [6.07, 6.45) is 2.88. The lowest BCUT2D eigenvalue weighted by Crippen LogP contribution is -2.52. The SMILES string of the molecule is CCCCOC1CC2COCC1N2C(=O)OC(C)(C)C. The summed E-state index contributed by atoms with van der Waals surface area (Å²) in [5, 5.41) is 0. The van der Waals surface area contributed by atoms with Gasteiger partial charge in [0.15, 0.2) is 0 Å². The first-order chi connectivity index (χ1) is 9.42. The molecule has 20 heavy (non-hydrogen) atoms. The zero-order valence-electron chi connectivity index (χ0n) is 13.1. The van der Waals surface area contributed by atoms with Gasteiger partial charge < -0.3 is 14.2 Å². The van der Waals surface area contributed by atoms with Crippen LogP contribution < -0.4 is 0 Å². The molecule has 0 saturated carbocycles. The number of hydrogen-bond acceptors (Lipinski definition) is 4. The molecule has 2 fully saturated rings. The maximum absolute atomic E-state index is 12.3. The molecule has 0 N–H and O–H groups in total. The van der Waals surface area contributed by atoms with Gasteiger partial charge in [-0.3, -0.25) is 4.90 Å². The molecular formula is C15H27NO4. The molecule has 116 valence electrons. The Morgan fingerprint density at radius 1 is 1.35 bits per heavy atom. The standard InChI is InChI=1S/C15H27NO4/c1-5-6-7-19-13-8-11-9-18-10-12(13)16(11)14(17)20-15(2,3)4/h11-13H,5-10H2,1-4H3. The van der Waals surface area contributed by atoms with E-state index in [9.17, 15) is 4.79 Å². The third kappa shape index (κ3) is 3.64. The number of rotatable bonds is 4. The first-order valence-electron chi connectivity index (χ1n) is 7.63. The number of ether oxygens (including phenoxy) is 3. The van der Waals surface area contributed by atoms with E-state index in [2.05, 4.69) is 6.92 Å². The van der Waals surface area contributed by atoms with Crippen LogP contribution in [0, 0.1) is 0 Å². The molecule has 2 bridgehead atoms. The number of carbonyl (C=O) groups excluding carboxylic acids is 1. The summed E-state index contributed by atoms with van der Waals surface area (Å²) in [5.41, 5.74) is -0.465. The monoisotopic (exact) mass is 285 g/mol. The molecule has 0 radical (unpaired) electrons. The highest BCUT2D eigenvalue weighted by Gasteiger charge is 2.48. The van der Waals surface area contributed by atoms with Crippen LogP contribution >= 0.6 is 0 Å². The quantitative estimate of drug-likeness (QED) is 0.745. The number of amides is 1. The summed E-state index contributed by atoms with van der Waals surface area (Å²) >= 11 is 0. The number of hydrogen-bond donors (Lipinski definition) is 0. The molecule has 3 unspecified atom stereocenters. The predicted molar refractivity (Wildman–Crippen MR) is 75.7 cm³/mol. The van der Waals surface area contributed by atoms with Crippen molar-refractivity contribution in [2.24, 2.45) is 0 Å². The number of nitrogens with zero attached hydrogens (tertiary/aromatic N) is 1. The largest absolute Gasteiger partial charge is 0.444 e. The number of unbranched alkanes of at least 4 members (excludes halogenated alkanes) is 1. The highest BCUT2D eigenvalue weighted by molar-refractivity contribution is 5.70. The van der Waals surface area contributed by atoms with Gasteiger partial charge in [-0.1, -0.05) is 13.3 Å². The minimum atomic E-state index is -0.465. The Kier molecular flexibility index (Phi) is 4.91. The smallest absolute Gasteiger partial charge is 0.411 e. The van der Waals surface area contributed by atoms with E-state index in [1.165, 1.54) is 0 Å². The molecule has 5 nitrogen and oxygen atoms in total. The molecule has 0 aromatic rings. The lowest BCUT2D eigenvalue weighted by molar-refractivity contribution is -0.0565. The van der Waals surface area contributed by atoms with Crippen molar-refractivity contribution in [3.05, 3.63) is 0 Å². The Balaban J connectivity index is 1.98. The van der Waals surface area contributed by atoms with Gasteiger partial charge >= 0.3 is 6.09 Å². The Bertz CT molecular complexity index is 339. The van der Waals surface area contributed by atoms with Crippen molar-refractivity contribution in [3.8, 4) is 0 Å². The summed E-state index contributed by atoms with van der Waals surface area (Å²) in [6, 6.07) is 0.0932. The van der Waals surface area contributed by atoms with Gasteiger partial charge in [0.1, 0.15) is 5.60 Å². The fraction of sp³-hybridized carbons (Fsp3) is 0.933. The third-order valence-electron chi connectivity index (χ3n) is 3.72. The maximum Gasteiger partial charge on any atom is 0.411 e. The molecule has 0 aliphatic carbocycles. The number of carbonyl (C=O) groups is 1. The van der Waals surface area contributed by atoms with Crippen molar-refractivity contribution in [1.82, 2.24) is 4.90 Å². The van der Waals surface area contributed by atoms with E-state index in [0.29, 0.717) is 13.2 Å². The predicted octanol–water partition coefficient (Wildman–Crippen LogP) is 2.58. The second kappa shape index (κ2) is 6.31. The maximum atomic E-state index is 12.3. The Morgan fingerprint density at radius 2 is 2.10 bits per heavy atom. The molecule has 2 aliphatic rings. The highest BCUT2D eigenvalue weighted by Crippen LogP contribution is 2.32. The highest BCUT2D eigenvalue weighted by atomic mass is 16.6. The second-order valence-corrected chi connectivity index (χ2v) is 6.64. The van der Waals surface area contributed by atoms with Crippen molar-refractivity contribution in [1.29, 1.82) is 0 Å². The van der Waals surface area contributed by atoms with Crippen molar-refractivity contribution in [2.45, 2.75) is 70.7 Å². The van der Waals surface area contributed by atoms with E-state index in [0.717, 1.165) is 25.9 Å². The van der Waals surface area contributed by atoms with Crippen molar-refractivity contribution < 1.29 is 19.0 Å². The first-order valence-corrected chi connectivity index (χ1v) is 7.63. The van der Waals surface area contributed by atoms with Crippen LogP contribution in [0.15, 0.2) is 0 Å². The van der Waals surface area contributed by atoms with Gasteiger partial charge in [-0.15, -0.1) is 0 Å². The van der Waals surface area contributed by atoms with E-state index < -0.39 is 5.60 Å². The molecule has 1 amide bonds. The van der Waals surface area contributed by atoms with E-state index in [1.807, 2.05) is 25.7 Å². The van der Waals surface area contributed by atoms with Crippen molar-refractivity contribution >= 4 is 6.09 Å².